The van der Waals surface area contributed by atoms with Crippen molar-refractivity contribution >= 4 is 29.6 Å². The number of amides is 1. The van der Waals surface area contributed by atoms with Gasteiger partial charge in [-0.25, -0.2) is 4.79 Å². The molecule has 1 heterocycles. The molecule has 1 aliphatic rings. The van der Waals surface area contributed by atoms with Crippen molar-refractivity contribution in [2.24, 2.45) is 0 Å². The number of hydrogen-bond donors (Lipinski definition) is 2. The van der Waals surface area contributed by atoms with Crippen molar-refractivity contribution in [3.05, 3.63) is 135 Å². The molecule has 0 aliphatic carbocycles. The third-order valence-corrected chi connectivity index (χ3v) is 8.73. The zero-order chi connectivity index (χ0) is 34.8. The fourth-order valence-corrected chi connectivity index (χ4v) is 6.30. The van der Waals surface area contributed by atoms with Crippen molar-refractivity contribution in [3.63, 3.8) is 0 Å². The molecule has 3 aromatic rings. The molecular weight excluding hydrogens is 634 g/mol. The number of nitriles is 1. The van der Waals surface area contributed by atoms with Crippen LogP contribution in [0, 0.1) is 11.3 Å². The SMILES string of the molecule is CCCCC(CCCOCC1=C(C(=O)NCC=Cc2ccccc2)C(c2cccc(Cl)c2)C(C(=O)OCCC#N)=C(C)N1)c1ccccc1. The lowest BCUT2D eigenvalue weighted by Crippen LogP contribution is -2.38. The summed E-state index contributed by atoms with van der Waals surface area (Å²) >= 11 is 6.44. The molecule has 256 valence electrons. The van der Waals surface area contributed by atoms with Gasteiger partial charge in [0.1, 0.15) is 6.61 Å². The Morgan fingerprint density at radius 2 is 1.71 bits per heavy atom. The predicted octanol–water partition coefficient (Wildman–Crippen LogP) is 8.61. The first-order valence-corrected chi connectivity index (χ1v) is 17.4. The fraction of sp³-hybridized carbons (Fsp3) is 0.341. The van der Waals surface area contributed by atoms with Crippen molar-refractivity contribution in [1.82, 2.24) is 10.6 Å². The number of allylic oxidation sites excluding steroid dienone is 1. The van der Waals surface area contributed by atoms with Gasteiger partial charge in [0.05, 0.1) is 41.9 Å². The number of nitrogens with one attached hydrogen (secondary N) is 2. The second kappa shape index (κ2) is 20.0. The Morgan fingerprint density at radius 3 is 2.43 bits per heavy atom. The average molecular weight is 680 g/mol. The summed E-state index contributed by atoms with van der Waals surface area (Å²) in [7, 11) is 0. The minimum atomic E-state index is -0.775. The molecule has 0 spiro atoms. The van der Waals surface area contributed by atoms with Gasteiger partial charge in [-0.15, -0.1) is 0 Å². The van der Waals surface area contributed by atoms with Gasteiger partial charge >= 0.3 is 5.97 Å². The first kappa shape index (κ1) is 37.2. The lowest BCUT2D eigenvalue weighted by atomic mass is 9.80. The highest BCUT2D eigenvalue weighted by molar-refractivity contribution is 6.30. The summed E-state index contributed by atoms with van der Waals surface area (Å²) in [6.07, 6.45) is 9.22. The summed E-state index contributed by atoms with van der Waals surface area (Å²) in [5, 5.41) is 15.8. The summed E-state index contributed by atoms with van der Waals surface area (Å²) in [4.78, 5) is 27.6. The van der Waals surface area contributed by atoms with Crippen LogP contribution in [0.2, 0.25) is 5.02 Å². The monoisotopic (exact) mass is 679 g/mol. The second-order valence-corrected chi connectivity index (χ2v) is 12.5. The van der Waals surface area contributed by atoms with Gasteiger partial charge in [-0.05, 0) is 60.9 Å². The van der Waals surface area contributed by atoms with E-state index in [2.05, 4.69) is 41.8 Å². The maximum Gasteiger partial charge on any atom is 0.336 e. The number of esters is 1. The Labute approximate surface area is 295 Å². The van der Waals surface area contributed by atoms with E-state index in [0.29, 0.717) is 40.1 Å². The van der Waals surface area contributed by atoms with Crippen LogP contribution < -0.4 is 10.6 Å². The molecule has 3 aromatic carbocycles. The number of carbonyl (C=O) groups is 2. The van der Waals surface area contributed by atoms with E-state index in [9.17, 15) is 9.59 Å². The molecule has 8 heteroatoms. The molecule has 2 atom stereocenters. The Balaban J connectivity index is 1.58. The molecule has 49 heavy (non-hydrogen) atoms. The summed E-state index contributed by atoms with van der Waals surface area (Å²) in [5.74, 6) is -1.25. The molecule has 0 saturated carbocycles. The molecule has 4 rings (SSSR count). The fourth-order valence-electron chi connectivity index (χ4n) is 6.10. The van der Waals surface area contributed by atoms with Crippen LogP contribution >= 0.6 is 11.6 Å². The molecular formula is C41H46ClN3O4. The van der Waals surface area contributed by atoms with Gasteiger partial charge in [-0.2, -0.15) is 5.26 Å². The number of benzene rings is 3. The number of hydrogen-bond acceptors (Lipinski definition) is 6. The van der Waals surface area contributed by atoms with Crippen LogP contribution in [0.25, 0.3) is 6.08 Å². The average Bonchev–Trinajstić information content (AvgIpc) is 3.11. The van der Waals surface area contributed by atoms with E-state index in [-0.39, 0.29) is 37.7 Å². The highest BCUT2D eigenvalue weighted by Gasteiger charge is 2.38. The van der Waals surface area contributed by atoms with E-state index in [4.69, 9.17) is 26.3 Å². The Bertz CT molecular complexity index is 1660. The minimum Gasteiger partial charge on any atom is -0.461 e. The van der Waals surface area contributed by atoms with Gasteiger partial charge < -0.3 is 20.1 Å². The minimum absolute atomic E-state index is 0.0535. The first-order chi connectivity index (χ1) is 23.9. The molecule has 2 unspecified atom stereocenters. The summed E-state index contributed by atoms with van der Waals surface area (Å²) in [6.45, 7) is 4.89. The van der Waals surface area contributed by atoms with Crippen LogP contribution in [-0.2, 0) is 19.1 Å². The Morgan fingerprint density at radius 1 is 0.980 bits per heavy atom. The van der Waals surface area contributed by atoms with E-state index >= 15 is 0 Å². The largest absolute Gasteiger partial charge is 0.461 e. The smallest absolute Gasteiger partial charge is 0.336 e. The molecule has 0 saturated heterocycles. The molecule has 0 radical (unpaired) electrons. The van der Waals surface area contributed by atoms with E-state index in [1.807, 2.05) is 60.7 Å². The molecule has 2 N–H and O–H groups in total. The highest BCUT2D eigenvalue weighted by Crippen LogP contribution is 2.40. The lowest BCUT2D eigenvalue weighted by Gasteiger charge is -2.32. The van der Waals surface area contributed by atoms with E-state index in [0.717, 1.165) is 31.2 Å². The van der Waals surface area contributed by atoms with Gasteiger partial charge in [0, 0.05) is 23.9 Å². The van der Waals surface area contributed by atoms with Crippen molar-refractivity contribution in [3.8, 4) is 6.07 Å². The van der Waals surface area contributed by atoms with Gasteiger partial charge in [0.25, 0.3) is 0 Å². The summed E-state index contributed by atoms with van der Waals surface area (Å²) in [6, 6.07) is 29.6. The number of halogens is 1. The lowest BCUT2D eigenvalue weighted by molar-refractivity contribution is -0.139. The quantitative estimate of drug-likeness (QED) is 0.103. The second-order valence-electron chi connectivity index (χ2n) is 12.1. The molecule has 0 fully saturated rings. The topological polar surface area (TPSA) is 100 Å². The van der Waals surface area contributed by atoms with Crippen LogP contribution in [-0.4, -0.2) is 38.2 Å². The van der Waals surface area contributed by atoms with Gasteiger partial charge in [0.2, 0.25) is 5.91 Å². The third-order valence-electron chi connectivity index (χ3n) is 8.49. The van der Waals surface area contributed by atoms with E-state index in [1.54, 1.807) is 25.1 Å². The number of ether oxygens (including phenoxy) is 2. The predicted molar refractivity (Wildman–Crippen MR) is 195 cm³/mol. The molecule has 7 nitrogen and oxygen atoms in total. The number of dihydropyridines is 1. The van der Waals surface area contributed by atoms with Crippen molar-refractivity contribution < 1.29 is 19.1 Å². The van der Waals surface area contributed by atoms with Crippen molar-refractivity contribution in [2.75, 3.05) is 26.4 Å². The van der Waals surface area contributed by atoms with Crippen LogP contribution in [0.5, 0.6) is 0 Å². The molecule has 0 aromatic heterocycles. The molecule has 1 aliphatic heterocycles. The van der Waals surface area contributed by atoms with Crippen LogP contribution in [0.3, 0.4) is 0 Å². The molecule has 1 amide bonds. The Hall–Kier alpha value is -4.64. The summed E-state index contributed by atoms with van der Waals surface area (Å²) in [5.41, 5.74) is 4.82. The maximum atomic E-state index is 14.1. The zero-order valence-electron chi connectivity index (χ0n) is 28.4. The number of nitrogens with zero attached hydrogens (tertiary/aromatic N) is 1. The van der Waals surface area contributed by atoms with E-state index in [1.165, 1.54) is 12.0 Å². The van der Waals surface area contributed by atoms with Crippen molar-refractivity contribution in [1.29, 1.82) is 5.26 Å². The maximum absolute atomic E-state index is 14.1. The van der Waals surface area contributed by atoms with Crippen molar-refractivity contribution in [2.45, 2.75) is 64.2 Å². The number of unbranched alkanes of at least 4 members (excludes halogenated alkanes) is 1. The zero-order valence-corrected chi connectivity index (χ0v) is 29.2. The molecule has 0 bridgehead atoms. The normalized spacial score (nSPS) is 15.1. The Kier molecular flexibility index (Phi) is 15.2. The number of carbonyl (C=O) groups excluding carboxylic acids is 2. The third kappa shape index (κ3) is 11.2. The van der Waals surface area contributed by atoms with Crippen LogP contribution in [0.15, 0.2) is 114 Å². The van der Waals surface area contributed by atoms with Crippen LogP contribution in [0.1, 0.15) is 80.9 Å². The highest BCUT2D eigenvalue weighted by atomic mass is 35.5. The van der Waals surface area contributed by atoms with Gasteiger partial charge in [-0.3, -0.25) is 4.79 Å². The van der Waals surface area contributed by atoms with E-state index < -0.39 is 11.9 Å². The number of rotatable bonds is 18. The first-order valence-electron chi connectivity index (χ1n) is 17.1. The standard InChI is InChI=1S/C41H46ClN3O4/c1-3-4-18-32(33-19-9-6-10-20-33)22-13-26-48-29-36-39(40(46)44-25-12-17-31-15-7-5-8-16-31)38(34-21-11-23-35(42)28-34)37(30(2)45-36)41(47)49-27-14-24-43/h5-12,15-17,19-21,23,28,32,38,45H,3-4,13-14,18,22,25-27,29H2,1-2H3,(H,44,46). The summed E-state index contributed by atoms with van der Waals surface area (Å²) < 4.78 is 11.7. The van der Waals surface area contributed by atoms with Crippen LogP contribution in [0.4, 0.5) is 0 Å². The van der Waals surface area contributed by atoms with Gasteiger partial charge in [-0.1, -0.05) is 116 Å². The van der Waals surface area contributed by atoms with Gasteiger partial charge in [0.15, 0.2) is 0 Å².